The van der Waals surface area contributed by atoms with Crippen LogP contribution >= 0.6 is 0 Å². The predicted molar refractivity (Wildman–Crippen MR) is 70.7 cm³/mol. The van der Waals surface area contributed by atoms with Gasteiger partial charge in [0.15, 0.2) is 0 Å². The van der Waals surface area contributed by atoms with Crippen molar-refractivity contribution in [1.82, 2.24) is 10.2 Å². The normalized spacial score (nSPS) is 22.5. The summed E-state index contributed by atoms with van der Waals surface area (Å²) < 4.78 is 0. The molecule has 0 spiro atoms. The average Bonchev–Trinajstić information content (AvgIpc) is 2.35. The van der Waals surface area contributed by atoms with Crippen molar-refractivity contribution in [2.75, 3.05) is 26.7 Å². The Bertz CT molecular complexity index is 237. The van der Waals surface area contributed by atoms with Gasteiger partial charge in [-0.3, -0.25) is 4.79 Å². The lowest BCUT2D eigenvalue weighted by Crippen LogP contribution is -2.43. The van der Waals surface area contributed by atoms with Gasteiger partial charge in [0.1, 0.15) is 0 Å². The van der Waals surface area contributed by atoms with Crippen LogP contribution in [-0.2, 0) is 4.79 Å². The van der Waals surface area contributed by atoms with Crippen LogP contribution in [0, 0.1) is 11.8 Å². The fourth-order valence-corrected chi connectivity index (χ4v) is 2.16. The average molecular weight is 241 g/mol. The Hall–Kier alpha value is -0.610. The van der Waals surface area contributed by atoms with Gasteiger partial charge in [0.2, 0.25) is 5.91 Å². The molecule has 1 rings (SSSR count). The molecule has 1 aliphatic heterocycles. The van der Waals surface area contributed by atoms with Gasteiger partial charge in [-0.15, -0.1) is 0 Å². The number of nitrogens with two attached hydrogens (primary N) is 1. The number of rotatable bonds is 5. The molecular weight excluding hydrogens is 214 g/mol. The van der Waals surface area contributed by atoms with Crippen LogP contribution < -0.4 is 11.1 Å². The molecule has 1 aliphatic rings. The third kappa shape index (κ3) is 4.64. The summed E-state index contributed by atoms with van der Waals surface area (Å²) in [6.45, 7) is 6.90. The molecule has 1 amide bonds. The van der Waals surface area contributed by atoms with E-state index < -0.39 is 0 Å². The van der Waals surface area contributed by atoms with Crippen LogP contribution in [0.15, 0.2) is 0 Å². The first-order chi connectivity index (χ1) is 8.02. The molecule has 1 saturated heterocycles. The zero-order valence-corrected chi connectivity index (χ0v) is 11.4. The highest BCUT2D eigenvalue weighted by molar-refractivity contribution is 5.78. The molecule has 0 aromatic carbocycles. The van der Waals surface area contributed by atoms with E-state index in [0.717, 1.165) is 38.9 Å². The van der Waals surface area contributed by atoms with Gasteiger partial charge in [-0.2, -0.15) is 0 Å². The number of amides is 1. The Kier molecular flexibility index (Phi) is 5.92. The third-order valence-corrected chi connectivity index (χ3v) is 3.68. The summed E-state index contributed by atoms with van der Waals surface area (Å²) in [4.78, 5) is 14.0. The Balaban J connectivity index is 2.30. The van der Waals surface area contributed by atoms with E-state index >= 15 is 0 Å². The lowest BCUT2D eigenvalue weighted by atomic mass is 9.97. The van der Waals surface area contributed by atoms with Gasteiger partial charge in [-0.25, -0.2) is 0 Å². The van der Waals surface area contributed by atoms with Crippen molar-refractivity contribution in [2.24, 2.45) is 17.6 Å². The molecule has 0 saturated carbocycles. The van der Waals surface area contributed by atoms with Crippen LogP contribution in [0.4, 0.5) is 0 Å². The van der Waals surface area contributed by atoms with Crippen molar-refractivity contribution in [2.45, 2.75) is 39.2 Å². The number of hydrogen-bond acceptors (Lipinski definition) is 3. The summed E-state index contributed by atoms with van der Waals surface area (Å²) in [5, 5.41) is 3.28. The van der Waals surface area contributed by atoms with Crippen LogP contribution in [0.3, 0.4) is 0 Å². The number of piperidine rings is 1. The summed E-state index contributed by atoms with van der Waals surface area (Å²) >= 11 is 0. The van der Waals surface area contributed by atoms with E-state index in [2.05, 4.69) is 19.2 Å². The highest BCUT2D eigenvalue weighted by Gasteiger charge is 2.24. The van der Waals surface area contributed by atoms with E-state index in [1.165, 1.54) is 0 Å². The summed E-state index contributed by atoms with van der Waals surface area (Å²) in [5.74, 6) is 0.923. The van der Waals surface area contributed by atoms with Crippen molar-refractivity contribution in [3.05, 3.63) is 0 Å². The number of carbonyl (C=O) groups is 1. The predicted octanol–water partition coefficient (Wildman–Crippen LogP) is 0.818. The second kappa shape index (κ2) is 6.97. The Morgan fingerprint density at radius 3 is 2.76 bits per heavy atom. The molecule has 2 atom stereocenters. The van der Waals surface area contributed by atoms with Crippen molar-refractivity contribution in [3.63, 3.8) is 0 Å². The molecule has 1 fully saturated rings. The number of hydrogen-bond donors (Lipinski definition) is 2. The largest absolute Gasteiger partial charge is 0.345 e. The summed E-state index contributed by atoms with van der Waals surface area (Å²) in [5.41, 5.74) is 5.99. The Morgan fingerprint density at radius 1 is 1.53 bits per heavy atom. The molecule has 4 nitrogen and oxygen atoms in total. The SMILES string of the molecule is CC(C)C(N)CCN(C)C(=O)C1CCCNC1. The minimum Gasteiger partial charge on any atom is -0.345 e. The summed E-state index contributed by atoms with van der Waals surface area (Å²) in [7, 11) is 1.89. The van der Waals surface area contributed by atoms with E-state index in [-0.39, 0.29) is 17.9 Å². The minimum atomic E-state index is 0.170. The minimum absolute atomic E-state index is 0.170. The molecule has 0 radical (unpaired) electrons. The Labute approximate surface area is 105 Å². The van der Waals surface area contributed by atoms with Gasteiger partial charge in [0.05, 0.1) is 5.92 Å². The number of nitrogens with zero attached hydrogens (tertiary/aromatic N) is 1. The van der Waals surface area contributed by atoms with Gasteiger partial charge >= 0.3 is 0 Å². The van der Waals surface area contributed by atoms with Gasteiger partial charge in [0, 0.05) is 26.2 Å². The van der Waals surface area contributed by atoms with Crippen molar-refractivity contribution in [3.8, 4) is 0 Å². The van der Waals surface area contributed by atoms with E-state index in [4.69, 9.17) is 5.73 Å². The van der Waals surface area contributed by atoms with Gasteiger partial charge in [0.25, 0.3) is 0 Å². The molecule has 3 N–H and O–H groups in total. The van der Waals surface area contributed by atoms with E-state index in [0.29, 0.717) is 5.92 Å². The third-order valence-electron chi connectivity index (χ3n) is 3.68. The van der Waals surface area contributed by atoms with Gasteiger partial charge < -0.3 is 16.0 Å². The lowest BCUT2D eigenvalue weighted by Gasteiger charge is -2.28. The summed E-state index contributed by atoms with van der Waals surface area (Å²) in [6, 6.07) is 0.190. The fraction of sp³-hybridized carbons (Fsp3) is 0.923. The summed E-state index contributed by atoms with van der Waals surface area (Å²) in [6.07, 6.45) is 3.02. The fourth-order valence-electron chi connectivity index (χ4n) is 2.16. The molecule has 4 heteroatoms. The topological polar surface area (TPSA) is 58.4 Å². The maximum Gasteiger partial charge on any atom is 0.226 e. The monoisotopic (exact) mass is 241 g/mol. The second-order valence-corrected chi connectivity index (χ2v) is 5.50. The highest BCUT2D eigenvalue weighted by atomic mass is 16.2. The van der Waals surface area contributed by atoms with Crippen LogP contribution in [0.2, 0.25) is 0 Å². The van der Waals surface area contributed by atoms with E-state index in [9.17, 15) is 4.79 Å². The molecular formula is C13H27N3O. The van der Waals surface area contributed by atoms with E-state index in [1.54, 1.807) is 0 Å². The smallest absolute Gasteiger partial charge is 0.226 e. The molecule has 0 aromatic rings. The quantitative estimate of drug-likeness (QED) is 0.749. The number of nitrogens with one attached hydrogen (secondary N) is 1. The zero-order chi connectivity index (χ0) is 12.8. The second-order valence-electron chi connectivity index (χ2n) is 5.50. The lowest BCUT2D eigenvalue weighted by molar-refractivity contribution is -0.134. The van der Waals surface area contributed by atoms with Gasteiger partial charge in [-0.05, 0) is 31.7 Å². The van der Waals surface area contributed by atoms with Crippen LogP contribution in [0.1, 0.15) is 33.1 Å². The van der Waals surface area contributed by atoms with Crippen LogP contribution in [0.25, 0.3) is 0 Å². The van der Waals surface area contributed by atoms with Crippen molar-refractivity contribution in [1.29, 1.82) is 0 Å². The molecule has 0 aliphatic carbocycles. The Morgan fingerprint density at radius 2 is 2.24 bits per heavy atom. The molecule has 2 unspecified atom stereocenters. The highest BCUT2D eigenvalue weighted by Crippen LogP contribution is 2.13. The first kappa shape index (κ1) is 14.5. The zero-order valence-electron chi connectivity index (χ0n) is 11.4. The molecule has 17 heavy (non-hydrogen) atoms. The molecule has 0 bridgehead atoms. The van der Waals surface area contributed by atoms with Crippen molar-refractivity contribution >= 4 is 5.91 Å². The van der Waals surface area contributed by atoms with Crippen LogP contribution in [-0.4, -0.2) is 43.5 Å². The van der Waals surface area contributed by atoms with Gasteiger partial charge in [-0.1, -0.05) is 13.8 Å². The van der Waals surface area contributed by atoms with E-state index in [1.807, 2.05) is 11.9 Å². The molecule has 0 aromatic heterocycles. The molecule has 100 valence electrons. The standard InChI is InChI=1S/C13H27N3O/c1-10(2)12(14)6-8-16(3)13(17)11-5-4-7-15-9-11/h10-12,15H,4-9,14H2,1-3H3. The maximum atomic E-state index is 12.1. The first-order valence-electron chi connectivity index (χ1n) is 6.73. The van der Waals surface area contributed by atoms with Crippen molar-refractivity contribution < 1.29 is 4.79 Å². The maximum absolute atomic E-state index is 12.1. The number of carbonyl (C=O) groups excluding carboxylic acids is 1. The molecule has 1 heterocycles. The first-order valence-corrected chi connectivity index (χ1v) is 6.73. The van der Waals surface area contributed by atoms with Crippen LogP contribution in [0.5, 0.6) is 0 Å².